The van der Waals surface area contributed by atoms with E-state index in [1.807, 2.05) is 12.1 Å². The van der Waals surface area contributed by atoms with Crippen molar-refractivity contribution in [2.24, 2.45) is 0 Å². The van der Waals surface area contributed by atoms with Crippen molar-refractivity contribution >= 4 is 35.0 Å². The lowest BCUT2D eigenvalue weighted by atomic mass is 10.3. The van der Waals surface area contributed by atoms with Crippen molar-refractivity contribution < 1.29 is 13.9 Å². The molecular weight excluding hydrogens is 325 g/mol. The molecule has 0 aliphatic heterocycles. The zero-order valence-corrected chi connectivity index (χ0v) is 13.3. The Labute approximate surface area is 137 Å². The highest BCUT2D eigenvalue weighted by molar-refractivity contribution is 7.99. The van der Waals surface area contributed by atoms with E-state index in [0.717, 1.165) is 0 Å². The second kappa shape index (κ2) is 8.66. The molecule has 1 N–H and O–H groups in total. The number of carbonyl (C=O) groups is 1. The first-order chi connectivity index (χ1) is 10.7. The molecule has 0 saturated heterocycles. The van der Waals surface area contributed by atoms with Crippen LogP contribution < -0.4 is 10.1 Å². The Hall–Kier alpha value is -1.72. The summed E-state index contributed by atoms with van der Waals surface area (Å²) in [5.74, 6) is 0.812. The standard InChI is InChI=1S/C16H15ClFNO2S/c17-12-5-1-4-8-15(12)21-9-10-22-11-16(20)19-14-7-3-2-6-13(14)18/h1-8H,9-11H2,(H,19,20). The van der Waals surface area contributed by atoms with Gasteiger partial charge < -0.3 is 10.1 Å². The summed E-state index contributed by atoms with van der Waals surface area (Å²) in [6, 6.07) is 13.3. The van der Waals surface area contributed by atoms with Gasteiger partial charge in [0.1, 0.15) is 11.6 Å². The minimum absolute atomic E-state index is 0.195. The first-order valence-electron chi connectivity index (χ1n) is 6.66. The summed E-state index contributed by atoms with van der Waals surface area (Å²) < 4.78 is 18.9. The van der Waals surface area contributed by atoms with Crippen LogP contribution in [-0.4, -0.2) is 24.0 Å². The summed E-state index contributed by atoms with van der Waals surface area (Å²) in [6.45, 7) is 0.446. The quantitative estimate of drug-likeness (QED) is 0.767. The van der Waals surface area contributed by atoms with Crippen LogP contribution >= 0.6 is 23.4 Å². The van der Waals surface area contributed by atoms with Gasteiger partial charge in [-0.1, -0.05) is 35.9 Å². The predicted molar refractivity (Wildman–Crippen MR) is 89.3 cm³/mol. The van der Waals surface area contributed by atoms with Crippen molar-refractivity contribution in [1.82, 2.24) is 0 Å². The first kappa shape index (κ1) is 16.6. The monoisotopic (exact) mass is 339 g/mol. The lowest BCUT2D eigenvalue weighted by molar-refractivity contribution is -0.113. The molecule has 0 saturated carbocycles. The average Bonchev–Trinajstić information content (AvgIpc) is 2.51. The van der Waals surface area contributed by atoms with Gasteiger partial charge in [-0.05, 0) is 24.3 Å². The number of anilines is 1. The van der Waals surface area contributed by atoms with E-state index < -0.39 is 5.82 Å². The SMILES string of the molecule is O=C(CSCCOc1ccccc1Cl)Nc1ccccc1F. The third kappa shape index (κ3) is 5.24. The average molecular weight is 340 g/mol. The van der Waals surface area contributed by atoms with Gasteiger partial charge in [0.25, 0.3) is 0 Å². The summed E-state index contributed by atoms with van der Waals surface area (Å²) in [4.78, 5) is 11.7. The zero-order chi connectivity index (χ0) is 15.8. The molecule has 1 amide bonds. The van der Waals surface area contributed by atoms with E-state index in [2.05, 4.69) is 5.32 Å². The maximum atomic E-state index is 13.4. The molecular formula is C16H15ClFNO2S. The summed E-state index contributed by atoms with van der Waals surface area (Å²) in [6.07, 6.45) is 0. The lowest BCUT2D eigenvalue weighted by Gasteiger charge is -2.08. The Bertz CT molecular complexity index is 639. The molecule has 0 aliphatic rings. The van der Waals surface area contributed by atoms with Crippen LogP contribution in [0.1, 0.15) is 0 Å². The topological polar surface area (TPSA) is 38.3 Å². The second-order valence-corrected chi connectivity index (χ2v) is 5.87. The summed E-state index contributed by atoms with van der Waals surface area (Å²) in [5, 5.41) is 3.09. The highest BCUT2D eigenvalue weighted by atomic mass is 35.5. The zero-order valence-electron chi connectivity index (χ0n) is 11.7. The van der Waals surface area contributed by atoms with Gasteiger partial charge in [-0.2, -0.15) is 0 Å². The van der Waals surface area contributed by atoms with Crippen molar-refractivity contribution in [2.75, 3.05) is 23.4 Å². The first-order valence-corrected chi connectivity index (χ1v) is 8.19. The molecule has 0 fully saturated rings. The van der Waals surface area contributed by atoms with Crippen molar-refractivity contribution in [2.45, 2.75) is 0 Å². The predicted octanol–water partition coefficient (Wildman–Crippen LogP) is 4.23. The van der Waals surface area contributed by atoms with Gasteiger partial charge in [0.15, 0.2) is 0 Å². The fourth-order valence-electron chi connectivity index (χ4n) is 1.69. The van der Waals surface area contributed by atoms with E-state index in [0.29, 0.717) is 23.1 Å². The molecule has 116 valence electrons. The van der Waals surface area contributed by atoms with Crippen molar-refractivity contribution in [1.29, 1.82) is 0 Å². The number of amides is 1. The number of para-hydroxylation sites is 2. The number of ether oxygens (including phenoxy) is 1. The van der Waals surface area contributed by atoms with Crippen molar-refractivity contribution in [3.05, 3.63) is 59.4 Å². The van der Waals surface area contributed by atoms with E-state index in [1.54, 1.807) is 24.3 Å². The van der Waals surface area contributed by atoms with E-state index in [1.165, 1.54) is 23.9 Å². The molecule has 0 aliphatic carbocycles. The third-order valence-corrected chi connectivity index (χ3v) is 3.94. The molecule has 2 rings (SSSR count). The molecule has 2 aromatic rings. The molecule has 6 heteroatoms. The summed E-state index contributed by atoms with van der Waals surface area (Å²) in [7, 11) is 0. The molecule has 0 unspecified atom stereocenters. The van der Waals surface area contributed by atoms with Crippen LogP contribution in [0.2, 0.25) is 5.02 Å². The van der Waals surface area contributed by atoms with Crippen LogP contribution in [0.25, 0.3) is 0 Å². The molecule has 3 nitrogen and oxygen atoms in total. The Morgan fingerprint density at radius 1 is 1.18 bits per heavy atom. The van der Waals surface area contributed by atoms with Gasteiger partial charge in [0.05, 0.1) is 23.1 Å². The van der Waals surface area contributed by atoms with E-state index in [4.69, 9.17) is 16.3 Å². The van der Waals surface area contributed by atoms with Gasteiger partial charge in [0.2, 0.25) is 5.91 Å². The minimum Gasteiger partial charge on any atom is -0.491 e. The second-order valence-electron chi connectivity index (χ2n) is 4.36. The molecule has 2 aromatic carbocycles. The fourth-order valence-corrected chi connectivity index (χ4v) is 2.48. The smallest absolute Gasteiger partial charge is 0.234 e. The molecule has 22 heavy (non-hydrogen) atoms. The molecule has 0 aromatic heterocycles. The van der Waals surface area contributed by atoms with Crippen LogP contribution in [0.5, 0.6) is 5.75 Å². The molecule has 0 bridgehead atoms. The van der Waals surface area contributed by atoms with Gasteiger partial charge in [-0.25, -0.2) is 4.39 Å². The number of benzene rings is 2. The molecule has 0 atom stereocenters. The van der Waals surface area contributed by atoms with Crippen molar-refractivity contribution in [3.63, 3.8) is 0 Å². The fraction of sp³-hybridized carbons (Fsp3) is 0.188. The number of nitrogens with one attached hydrogen (secondary N) is 1. The van der Waals surface area contributed by atoms with Gasteiger partial charge in [-0.15, -0.1) is 11.8 Å². The largest absolute Gasteiger partial charge is 0.491 e. The highest BCUT2D eigenvalue weighted by Gasteiger charge is 2.06. The maximum absolute atomic E-state index is 13.4. The Morgan fingerprint density at radius 3 is 2.68 bits per heavy atom. The Morgan fingerprint density at radius 2 is 1.91 bits per heavy atom. The van der Waals surface area contributed by atoms with Crippen LogP contribution in [0, 0.1) is 5.82 Å². The highest BCUT2D eigenvalue weighted by Crippen LogP contribution is 2.23. The molecule has 0 spiro atoms. The van der Waals surface area contributed by atoms with Crippen LogP contribution in [0.4, 0.5) is 10.1 Å². The lowest BCUT2D eigenvalue weighted by Crippen LogP contribution is -2.16. The number of carbonyl (C=O) groups excluding carboxylic acids is 1. The van der Waals surface area contributed by atoms with Gasteiger partial charge in [0, 0.05) is 5.75 Å². The van der Waals surface area contributed by atoms with E-state index >= 15 is 0 Å². The number of halogens is 2. The number of hydrogen-bond acceptors (Lipinski definition) is 3. The van der Waals surface area contributed by atoms with Gasteiger partial charge >= 0.3 is 0 Å². The number of thioether (sulfide) groups is 1. The van der Waals surface area contributed by atoms with E-state index in [-0.39, 0.29) is 17.3 Å². The summed E-state index contributed by atoms with van der Waals surface area (Å²) in [5.41, 5.74) is 0.195. The van der Waals surface area contributed by atoms with Crippen molar-refractivity contribution in [3.8, 4) is 5.75 Å². The normalized spacial score (nSPS) is 10.3. The number of hydrogen-bond donors (Lipinski definition) is 1. The van der Waals surface area contributed by atoms with Crippen LogP contribution in [-0.2, 0) is 4.79 Å². The molecule has 0 radical (unpaired) electrons. The van der Waals surface area contributed by atoms with Crippen LogP contribution in [0.3, 0.4) is 0 Å². The third-order valence-electron chi connectivity index (χ3n) is 2.70. The molecule has 0 heterocycles. The van der Waals surface area contributed by atoms with Gasteiger partial charge in [-0.3, -0.25) is 4.79 Å². The number of rotatable bonds is 7. The Kier molecular flexibility index (Phi) is 6.55. The summed E-state index contributed by atoms with van der Waals surface area (Å²) >= 11 is 7.37. The van der Waals surface area contributed by atoms with Crippen LogP contribution in [0.15, 0.2) is 48.5 Å². The van der Waals surface area contributed by atoms with E-state index in [9.17, 15) is 9.18 Å². The minimum atomic E-state index is -0.442. The maximum Gasteiger partial charge on any atom is 0.234 e. The Balaban J connectivity index is 1.65.